The van der Waals surface area contributed by atoms with Gasteiger partial charge < -0.3 is 20.5 Å². The summed E-state index contributed by atoms with van der Waals surface area (Å²) in [6, 6.07) is 5.97. The standard InChI is InChI=1S/C15H21N3O3/c1-2-5-15(9-16-6-7-18(15)14(19)20)11-3-4-12-13(8-11)21-10-17-12/h3-4,8,16-17H,2,5-7,9-10H2,1H3,(H,19,20). The predicted octanol–water partition coefficient (Wildman–Crippen LogP) is 2.03. The van der Waals surface area contributed by atoms with Crippen LogP contribution in [0.25, 0.3) is 0 Å². The Morgan fingerprint density at radius 2 is 2.38 bits per heavy atom. The molecule has 0 radical (unpaired) electrons. The predicted molar refractivity (Wildman–Crippen MR) is 79.7 cm³/mol. The van der Waals surface area contributed by atoms with Gasteiger partial charge in [-0.1, -0.05) is 19.4 Å². The van der Waals surface area contributed by atoms with Crippen molar-refractivity contribution >= 4 is 11.8 Å². The highest BCUT2D eigenvalue weighted by molar-refractivity contribution is 5.68. The average molecular weight is 291 g/mol. The van der Waals surface area contributed by atoms with Crippen molar-refractivity contribution < 1.29 is 14.6 Å². The summed E-state index contributed by atoms with van der Waals surface area (Å²) in [7, 11) is 0. The average Bonchev–Trinajstić information content (AvgIpc) is 2.95. The van der Waals surface area contributed by atoms with Gasteiger partial charge in [0, 0.05) is 19.6 Å². The van der Waals surface area contributed by atoms with E-state index in [0.29, 0.717) is 26.4 Å². The van der Waals surface area contributed by atoms with Crippen LogP contribution in [0.2, 0.25) is 0 Å². The van der Waals surface area contributed by atoms with E-state index in [1.165, 1.54) is 0 Å². The molecule has 6 heteroatoms. The Morgan fingerprint density at radius 1 is 1.52 bits per heavy atom. The maximum absolute atomic E-state index is 11.7. The molecule has 0 spiro atoms. The molecule has 2 aliphatic heterocycles. The summed E-state index contributed by atoms with van der Waals surface area (Å²) in [6.45, 7) is 4.40. The minimum absolute atomic E-state index is 0.473. The highest BCUT2D eigenvalue weighted by Crippen LogP contribution is 2.39. The molecule has 21 heavy (non-hydrogen) atoms. The summed E-state index contributed by atoms with van der Waals surface area (Å²) in [5, 5.41) is 16.1. The number of nitrogens with zero attached hydrogens (tertiary/aromatic N) is 1. The van der Waals surface area contributed by atoms with Crippen LogP contribution in [-0.2, 0) is 5.54 Å². The molecule has 0 aromatic heterocycles. The fourth-order valence-electron chi connectivity index (χ4n) is 3.38. The highest BCUT2D eigenvalue weighted by atomic mass is 16.5. The second-order valence-corrected chi connectivity index (χ2v) is 5.57. The van der Waals surface area contributed by atoms with Crippen LogP contribution in [0.5, 0.6) is 5.75 Å². The van der Waals surface area contributed by atoms with Gasteiger partial charge >= 0.3 is 6.09 Å². The molecule has 1 unspecified atom stereocenters. The number of hydrogen-bond donors (Lipinski definition) is 3. The molecule has 1 atom stereocenters. The third-order valence-corrected chi connectivity index (χ3v) is 4.35. The summed E-state index contributed by atoms with van der Waals surface area (Å²) >= 11 is 0. The van der Waals surface area contributed by atoms with Gasteiger partial charge in [-0.3, -0.25) is 4.90 Å². The minimum Gasteiger partial charge on any atom is -0.471 e. The van der Waals surface area contributed by atoms with E-state index in [-0.39, 0.29) is 0 Å². The number of hydrogen-bond acceptors (Lipinski definition) is 4. The number of piperazine rings is 1. The Hall–Kier alpha value is -1.95. The second kappa shape index (κ2) is 5.44. The van der Waals surface area contributed by atoms with Crippen LogP contribution in [0.3, 0.4) is 0 Å². The molecule has 2 aliphatic rings. The smallest absolute Gasteiger partial charge is 0.408 e. The van der Waals surface area contributed by atoms with Gasteiger partial charge in [0.15, 0.2) is 6.73 Å². The van der Waals surface area contributed by atoms with E-state index < -0.39 is 11.6 Å². The Balaban J connectivity index is 2.04. The monoisotopic (exact) mass is 291 g/mol. The van der Waals surface area contributed by atoms with Crippen LogP contribution < -0.4 is 15.4 Å². The molecule has 0 saturated carbocycles. The van der Waals surface area contributed by atoms with Crippen molar-refractivity contribution in [1.29, 1.82) is 0 Å². The molecule has 6 nitrogen and oxygen atoms in total. The first kappa shape index (κ1) is 14.0. The van der Waals surface area contributed by atoms with Crippen molar-refractivity contribution in [2.24, 2.45) is 0 Å². The topological polar surface area (TPSA) is 73.8 Å². The van der Waals surface area contributed by atoms with Crippen molar-refractivity contribution in [3.8, 4) is 5.75 Å². The molecule has 1 saturated heterocycles. The van der Waals surface area contributed by atoms with Crippen LogP contribution >= 0.6 is 0 Å². The van der Waals surface area contributed by atoms with Crippen LogP contribution in [-0.4, -0.2) is 42.5 Å². The second-order valence-electron chi connectivity index (χ2n) is 5.57. The van der Waals surface area contributed by atoms with Crippen LogP contribution in [0.15, 0.2) is 18.2 Å². The molecule has 2 heterocycles. The van der Waals surface area contributed by atoms with Crippen molar-refractivity contribution in [2.45, 2.75) is 25.3 Å². The number of benzene rings is 1. The maximum Gasteiger partial charge on any atom is 0.408 e. The zero-order chi connectivity index (χ0) is 14.9. The van der Waals surface area contributed by atoms with E-state index in [9.17, 15) is 9.90 Å². The van der Waals surface area contributed by atoms with Crippen molar-refractivity contribution in [3.05, 3.63) is 23.8 Å². The number of carbonyl (C=O) groups is 1. The van der Waals surface area contributed by atoms with Gasteiger partial charge in [-0.15, -0.1) is 0 Å². The summed E-state index contributed by atoms with van der Waals surface area (Å²) in [6.07, 6.45) is 0.852. The Bertz CT molecular complexity index is 545. The third kappa shape index (κ3) is 2.29. The molecule has 1 fully saturated rings. The SMILES string of the molecule is CCCC1(c2ccc3c(c2)OCN3)CNCCN1C(=O)O. The molecule has 0 bridgehead atoms. The lowest BCUT2D eigenvalue weighted by Crippen LogP contribution is -2.60. The molecule has 3 rings (SSSR count). The Morgan fingerprint density at radius 3 is 3.14 bits per heavy atom. The molecule has 1 aromatic carbocycles. The van der Waals surface area contributed by atoms with Gasteiger partial charge in [0.1, 0.15) is 5.75 Å². The lowest BCUT2D eigenvalue weighted by Gasteiger charge is -2.46. The minimum atomic E-state index is -0.857. The third-order valence-electron chi connectivity index (χ3n) is 4.35. The number of fused-ring (bicyclic) bond motifs is 1. The van der Waals surface area contributed by atoms with E-state index in [0.717, 1.165) is 29.8 Å². The van der Waals surface area contributed by atoms with Gasteiger partial charge in [-0.2, -0.15) is 0 Å². The van der Waals surface area contributed by atoms with Gasteiger partial charge in [0.2, 0.25) is 0 Å². The van der Waals surface area contributed by atoms with Crippen molar-refractivity contribution in [3.63, 3.8) is 0 Å². The maximum atomic E-state index is 11.7. The number of nitrogens with one attached hydrogen (secondary N) is 2. The number of rotatable bonds is 3. The van der Waals surface area contributed by atoms with Crippen molar-refractivity contribution in [1.82, 2.24) is 10.2 Å². The molecular formula is C15H21N3O3. The summed E-state index contributed by atoms with van der Waals surface area (Å²) < 4.78 is 5.55. The van der Waals surface area contributed by atoms with Gasteiger partial charge in [0.25, 0.3) is 0 Å². The summed E-state index contributed by atoms with van der Waals surface area (Å²) in [5.41, 5.74) is 1.46. The lowest BCUT2D eigenvalue weighted by molar-refractivity contribution is 0.0480. The lowest BCUT2D eigenvalue weighted by atomic mass is 9.82. The molecule has 0 aliphatic carbocycles. The Kier molecular flexibility index (Phi) is 3.63. The quantitative estimate of drug-likeness (QED) is 0.794. The van der Waals surface area contributed by atoms with E-state index in [1.54, 1.807) is 4.90 Å². The number of carboxylic acid groups (broad SMARTS) is 1. The molecule has 1 aromatic rings. The first-order valence-electron chi connectivity index (χ1n) is 7.40. The van der Waals surface area contributed by atoms with Gasteiger partial charge in [-0.25, -0.2) is 4.79 Å². The summed E-state index contributed by atoms with van der Waals surface area (Å²) in [4.78, 5) is 13.3. The van der Waals surface area contributed by atoms with E-state index in [4.69, 9.17) is 4.74 Å². The van der Waals surface area contributed by atoms with Gasteiger partial charge in [0.05, 0.1) is 11.2 Å². The first-order valence-corrected chi connectivity index (χ1v) is 7.40. The molecule has 1 amide bonds. The normalized spacial score (nSPS) is 24.1. The van der Waals surface area contributed by atoms with E-state index in [1.807, 2.05) is 18.2 Å². The van der Waals surface area contributed by atoms with Gasteiger partial charge in [-0.05, 0) is 24.1 Å². The molecule has 3 N–H and O–H groups in total. The fourth-order valence-corrected chi connectivity index (χ4v) is 3.38. The van der Waals surface area contributed by atoms with Crippen molar-refractivity contribution in [2.75, 3.05) is 31.7 Å². The van der Waals surface area contributed by atoms with Crippen LogP contribution in [0, 0.1) is 0 Å². The zero-order valence-electron chi connectivity index (χ0n) is 12.2. The number of amides is 1. The van der Waals surface area contributed by atoms with E-state index in [2.05, 4.69) is 17.6 Å². The summed E-state index contributed by atoms with van der Waals surface area (Å²) in [5.74, 6) is 0.805. The Labute approximate surface area is 124 Å². The molecule has 114 valence electrons. The number of ether oxygens (including phenoxy) is 1. The number of anilines is 1. The first-order chi connectivity index (χ1) is 10.2. The zero-order valence-corrected chi connectivity index (χ0v) is 12.2. The molecular weight excluding hydrogens is 270 g/mol. The largest absolute Gasteiger partial charge is 0.471 e. The fraction of sp³-hybridized carbons (Fsp3) is 0.533. The van der Waals surface area contributed by atoms with E-state index >= 15 is 0 Å². The van der Waals surface area contributed by atoms with Crippen LogP contribution in [0.1, 0.15) is 25.3 Å². The van der Waals surface area contributed by atoms with Crippen LogP contribution in [0.4, 0.5) is 10.5 Å². The highest BCUT2D eigenvalue weighted by Gasteiger charge is 2.43.